The van der Waals surface area contributed by atoms with Gasteiger partial charge in [0.2, 0.25) is 0 Å². The number of amides is 1. The number of hydrogen-bond donors (Lipinski definition) is 1. The molecular formula is C18H21N5O2. The van der Waals surface area contributed by atoms with Crippen LogP contribution >= 0.6 is 0 Å². The molecule has 1 N–H and O–H groups in total. The summed E-state index contributed by atoms with van der Waals surface area (Å²) in [6.45, 7) is 1.84. The highest BCUT2D eigenvalue weighted by Crippen LogP contribution is 2.21. The average molecular weight is 339 g/mol. The Labute approximate surface area is 146 Å². The lowest BCUT2D eigenvalue weighted by Crippen LogP contribution is -2.18. The number of carbonyl (C=O) groups excluding carboxylic acids is 1. The molecular weight excluding hydrogens is 318 g/mol. The van der Waals surface area contributed by atoms with Crippen molar-refractivity contribution in [2.24, 2.45) is 0 Å². The molecule has 0 unspecified atom stereocenters. The van der Waals surface area contributed by atoms with Gasteiger partial charge in [0.15, 0.2) is 0 Å². The quantitative estimate of drug-likeness (QED) is 0.746. The van der Waals surface area contributed by atoms with E-state index in [2.05, 4.69) is 37.0 Å². The van der Waals surface area contributed by atoms with Gasteiger partial charge in [-0.15, -0.1) is 0 Å². The van der Waals surface area contributed by atoms with E-state index in [1.54, 1.807) is 0 Å². The van der Waals surface area contributed by atoms with Gasteiger partial charge in [-0.05, 0) is 37.7 Å². The Morgan fingerprint density at radius 1 is 1.24 bits per heavy atom. The predicted octanol–water partition coefficient (Wildman–Crippen LogP) is 2.25. The Balaban J connectivity index is 1.78. The van der Waals surface area contributed by atoms with Gasteiger partial charge < -0.3 is 19.5 Å². The van der Waals surface area contributed by atoms with Gasteiger partial charge in [-0.3, -0.25) is 4.79 Å². The van der Waals surface area contributed by atoms with Crippen LogP contribution in [0.3, 0.4) is 0 Å². The van der Waals surface area contributed by atoms with Crippen LogP contribution in [0.5, 0.6) is 6.01 Å². The molecule has 2 heterocycles. The second-order valence-electron chi connectivity index (χ2n) is 6.00. The van der Waals surface area contributed by atoms with Crippen LogP contribution in [-0.2, 0) is 6.54 Å². The summed E-state index contributed by atoms with van der Waals surface area (Å²) in [7, 11) is 5.58. The number of benzene rings is 1. The molecule has 0 aliphatic rings. The highest BCUT2D eigenvalue weighted by Gasteiger charge is 2.09. The fraction of sp³-hybridized carbons (Fsp3) is 0.278. The summed E-state index contributed by atoms with van der Waals surface area (Å²) in [6.07, 6.45) is 4.95. The van der Waals surface area contributed by atoms with E-state index in [0.717, 1.165) is 29.7 Å². The zero-order valence-corrected chi connectivity index (χ0v) is 14.6. The van der Waals surface area contributed by atoms with Crippen LogP contribution in [-0.4, -0.2) is 53.1 Å². The molecule has 1 aromatic carbocycles. The van der Waals surface area contributed by atoms with Gasteiger partial charge in [0.05, 0.1) is 18.2 Å². The number of carbonyl (C=O) groups is 1. The molecule has 0 bridgehead atoms. The molecule has 3 rings (SSSR count). The van der Waals surface area contributed by atoms with E-state index in [4.69, 9.17) is 4.74 Å². The fourth-order valence-electron chi connectivity index (χ4n) is 2.51. The van der Waals surface area contributed by atoms with Crippen LogP contribution in [0.4, 0.5) is 5.69 Å². The standard InChI is InChI=1S/C18H21N5O2/c1-22(2)8-9-23-7-6-13-4-5-15(10-16(13)23)21-17(24)14-11-19-18(25-3)20-12-14/h4-7,10-12H,8-9H2,1-3H3,(H,21,24). The molecule has 0 atom stereocenters. The maximum atomic E-state index is 12.3. The van der Waals surface area contributed by atoms with Crippen LogP contribution < -0.4 is 10.1 Å². The highest BCUT2D eigenvalue weighted by atomic mass is 16.5. The fourth-order valence-corrected chi connectivity index (χ4v) is 2.51. The first-order valence-corrected chi connectivity index (χ1v) is 7.98. The molecule has 25 heavy (non-hydrogen) atoms. The number of fused-ring (bicyclic) bond motifs is 1. The Morgan fingerprint density at radius 2 is 2.00 bits per heavy atom. The van der Waals surface area contributed by atoms with Crippen LogP contribution in [0.25, 0.3) is 10.9 Å². The third-order valence-electron chi connectivity index (χ3n) is 3.89. The van der Waals surface area contributed by atoms with Gasteiger partial charge in [0.1, 0.15) is 0 Å². The molecule has 0 saturated heterocycles. The van der Waals surface area contributed by atoms with E-state index in [1.165, 1.54) is 19.5 Å². The number of rotatable bonds is 6. The summed E-state index contributed by atoms with van der Waals surface area (Å²) in [4.78, 5) is 22.4. The molecule has 0 aliphatic carbocycles. The summed E-state index contributed by atoms with van der Waals surface area (Å²) >= 11 is 0. The van der Waals surface area contributed by atoms with Crippen LogP contribution in [0.15, 0.2) is 42.9 Å². The lowest BCUT2D eigenvalue weighted by molar-refractivity contribution is 0.102. The first-order chi connectivity index (χ1) is 12.1. The van der Waals surface area contributed by atoms with E-state index < -0.39 is 0 Å². The summed E-state index contributed by atoms with van der Waals surface area (Å²) in [5.74, 6) is -0.256. The van der Waals surface area contributed by atoms with Gasteiger partial charge >= 0.3 is 6.01 Å². The van der Waals surface area contributed by atoms with Gasteiger partial charge in [-0.1, -0.05) is 6.07 Å². The molecule has 0 aliphatic heterocycles. The van der Waals surface area contributed by atoms with Crippen molar-refractivity contribution >= 4 is 22.5 Å². The molecule has 7 nitrogen and oxygen atoms in total. The average Bonchev–Trinajstić information content (AvgIpc) is 3.02. The maximum Gasteiger partial charge on any atom is 0.316 e. The number of aromatic nitrogens is 3. The van der Waals surface area contributed by atoms with Crippen LogP contribution in [0.2, 0.25) is 0 Å². The first-order valence-electron chi connectivity index (χ1n) is 7.98. The van der Waals surface area contributed by atoms with Crippen molar-refractivity contribution in [1.82, 2.24) is 19.4 Å². The van der Waals surface area contributed by atoms with E-state index in [0.29, 0.717) is 5.56 Å². The summed E-state index contributed by atoms with van der Waals surface area (Å²) in [6, 6.07) is 8.18. The highest BCUT2D eigenvalue weighted by molar-refractivity contribution is 6.04. The summed E-state index contributed by atoms with van der Waals surface area (Å²) in [5.41, 5.74) is 2.20. The first kappa shape index (κ1) is 16.9. The third-order valence-corrected chi connectivity index (χ3v) is 3.89. The second kappa shape index (κ2) is 7.31. The van der Waals surface area contributed by atoms with Crippen molar-refractivity contribution in [1.29, 1.82) is 0 Å². The van der Waals surface area contributed by atoms with E-state index in [-0.39, 0.29) is 11.9 Å². The monoisotopic (exact) mass is 339 g/mol. The molecule has 0 spiro atoms. The number of nitrogens with one attached hydrogen (secondary N) is 1. The molecule has 2 aromatic heterocycles. The van der Waals surface area contributed by atoms with Crippen molar-refractivity contribution in [2.45, 2.75) is 6.54 Å². The van der Waals surface area contributed by atoms with Gasteiger partial charge in [-0.2, -0.15) is 0 Å². The number of likely N-dealkylation sites (N-methyl/N-ethyl adjacent to an activating group) is 1. The lowest BCUT2D eigenvalue weighted by atomic mass is 10.2. The minimum atomic E-state index is -0.256. The normalized spacial score (nSPS) is 11.0. The lowest BCUT2D eigenvalue weighted by Gasteiger charge is -2.12. The van der Waals surface area contributed by atoms with E-state index in [1.807, 2.05) is 32.3 Å². The summed E-state index contributed by atoms with van der Waals surface area (Å²) < 4.78 is 7.08. The van der Waals surface area contributed by atoms with Crippen molar-refractivity contribution < 1.29 is 9.53 Å². The van der Waals surface area contributed by atoms with E-state index in [9.17, 15) is 4.79 Å². The largest absolute Gasteiger partial charge is 0.467 e. The van der Waals surface area contributed by atoms with Gasteiger partial charge in [-0.25, -0.2) is 9.97 Å². The van der Waals surface area contributed by atoms with Crippen molar-refractivity contribution in [2.75, 3.05) is 33.1 Å². The van der Waals surface area contributed by atoms with Crippen molar-refractivity contribution in [3.8, 4) is 6.01 Å². The molecule has 7 heteroatoms. The van der Waals surface area contributed by atoms with Gasteiger partial charge in [0, 0.05) is 37.4 Å². The molecule has 130 valence electrons. The predicted molar refractivity (Wildman–Crippen MR) is 97.0 cm³/mol. The SMILES string of the molecule is COc1ncc(C(=O)Nc2ccc3ccn(CCN(C)C)c3c2)cn1. The van der Waals surface area contributed by atoms with E-state index >= 15 is 0 Å². The molecule has 3 aromatic rings. The van der Waals surface area contributed by atoms with Gasteiger partial charge in [0.25, 0.3) is 5.91 Å². The van der Waals surface area contributed by atoms with Crippen molar-refractivity contribution in [3.05, 3.63) is 48.4 Å². The zero-order chi connectivity index (χ0) is 17.8. The minimum Gasteiger partial charge on any atom is -0.467 e. The molecule has 0 radical (unpaired) electrons. The Kier molecular flexibility index (Phi) is 4.95. The topological polar surface area (TPSA) is 72.3 Å². The minimum absolute atomic E-state index is 0.233. The number of anilines is 1. The van der Waals surface area contributed by atoms with Crippen LogP contribution in [0, 0.1) is 0 Å². The smallest absolute Gasteiger partial charge is 0.316 e. The maximum absolute atomic E-state index is 12.3. The molecule has 0 saturated carbocycles. The third kappa shape index (κ3) is 3.95. The van der Waals surface area contributed by atoms with Crippen molar-refractivity contribution in [3.63, 3.8) is 0 Å². The summed E-state index contributed by atoms with van der Waals surface area (Å²) in [5, 5.41) is 4.03. The Morgan fingerprint density at radius 3 is 2.68 bits per heavy atom. The molecule has 0 fully saturated rings. The number of ether oxygens (including phenoxy) is 1. The zero-order valence-electron chi connectivity index (χ0n) is 14.6. The number of nitrogens with zero attached hydrogens (tertiary/aromatic N) is 4. The second-order valence-corrected chi connectivity index (χ2v) is 6.00. The molecule has 1 amide bonds. The number of methoxy groups -OCH3 is 1. The Hall–Kier alpha value is -2.93. The Bertz CT molecular complexity index is 871. The van der Waals surface area contributed by atoms with Crippen LogP contribution in [0.1, 0.15) is 10.4 Å². The number of hydrogen-bond acceptors (Lipinski definition) is 5.